The molecule has 102 valence electrons. The first-order valence-corrected chi connectivity index (χ1v) is 6.75. The predicted molar refractivity (Wildman–Crippen MR) is 78.5 cm³/mol. The quantitative estimate of drug-likeness (QED) is 0.830. The highest BCUT2D eigenvalue weighted by atomic mass is 16.5. The largest absolute Gasteiger partial charge is 0.496 e. The van der Waals surface area contributed by atoms with Crippen molar-refractivity contribution in [2.45, 2.75) is 52.5 Å². The third-order valence-corrected chi connectivity index (χ3v) is 3.39. The number of hydrogen-bond acceptors (Lipinski definition) is 2. The van der Waals surface area contributed by atoms with Gasteiger partial charge in [-0.3, -0.25) is 0 Å². The molecule has 0 fully saturated rings. The van der Waals surface area contributed by atoms with Crippen molar-refractivity contribution in [2.24, 2.45) is 0 Å². The molecule has 2 heteroatoms. The number of ether oxygens (including phenoxy) is 1. The van der Waals surface area contributed by atoms with Gasteiger partial charge in [0.05, 0.1) is 7.11 Å². The van der Waals surface area contributed by atoms with Gasteiger partial charge in [-0.05, 0) is 31.4 Å². The first-order valence-electron chi connectivity index (χ1n) is 6.75. The van der Waals surface area contributed by atoms with E-state index in [2.05, 4.69) is 58.1 Å². The van der Waals surface area contributed by atoms with Crippen molar-refractivity contribution >= 4 is 0 Å². The van der Waals surface area contributed by atoms with Gasteiger partial charge in [0.2, 0.25) is 0 Å². The SMILES string of the molecule is COc1ccc(C)cc1C(C)(C)CCNC(C)C. The second kappa shape index (κ2) is 6.24. The van der Waals surface area contributed by atoms with Crippen molar-refractivity contribution in [3.05, 3.63) is 29.3 Å². The van der Waals surface area contributed by atoms with Gasteiger partial charge in [0, 0.05) is 11.6 Å². The van der Waals surface area contributed by atoms with Crippen LogP contribution in [0.2, 0.25) is 0 Å². The summed E-state index contributed by atoms with van der Waals surface area (Å²) in [5, 5.41) is 3.48. The van der Waals surface area contributed by atoms with E-state index in [1.165, 1.54) is 11.1 Å². The molecular weight excluding hydrogens is 222 g/mol. The number of methoxy groups -OCH3 is 1. The second-order valence-corrected chi connectivity index (χ2v) is 5.95. The Kier molecular flexibility index (Phi) is 5.21. The molecular formula is C16H27NO. The molecule has 1 aromatic rings. The summed E-state index contributed by atoms with van der Waals surface area (Å²) in [7, 11) is 1.75. The molecule has 0 aromatic heterocycles. The minimum Gasteiger partial charge on any atom is -0.496 e. The summed E-state index contributed by atoms with van der Waals surface area (Å²) in [4.78, 5) is 0. The van der Waals surface area contributed by atoms with Crippen LogP contribution in [0.1, 0.15) is 45.2 Å². The zero-order chi connectivity index (χ0) is 13.8. The molecule has 18 heavy (non-hydrogen) atoms. The Bertz CT molecular complexity index is 383. The van der Waals surface area contributed by atoms with Gasteiger partial charge >= 0.3 is 0 Å². The topological polar surface area (TPSA) is 21.3 Å². The van der Waals surface area contributed by atoms with E-state index in [1.807, 2.05) is 0 Å². The number of aryl methyl sites for hydroxylation is 1. The monoisotopic (exact) mass is 249 g/mol. The third-order valence-electron chi connectivity index (χ3n) is 3.39. The van der Waals surface area contributed by atoms with Crippen LogP contribution in [-0.2, 0) is 5.41 Å². The predicted octanol–water partition coefficient (Wildman–Crippen LogP) is 3.67. The summed E-state index contributed by atoms with van der Waals surface area (Å²) in [5.41, 5.74) is 2.71. The minimum atomic E-state index is 0.124. The Morgan fingerprint density at radius 3 is 2.50 bits per heavy atom. The molecule has 0 atom stereocenters. The normalized spacial score (nSPS) is 11.9. The van der Waals surface area contributed by atoms with Crippen molar-refractivity contribution in [1.82, 2.24) is 5.32 Å². The smallest absolute Gasteiger partial charge is 0.122 e. The van der Waals surface area contributed by atoms with Gasteiger partial charge in [-0.25, -0.2) is 0 Å². The third kappa shape index (κ3) is 4.02. The first-order chi connectivity index (χ1) is 8.36. The highest BCUT2D eigenvalue weighted by Crippen LogP contribution is 2.34. The van der Waals surface area contributed by atoms with Gasteiger partial charge in [-0.1, -0.05) is 45.4 Å². The van der Waals surface area contributed by atoms with Gasteiger partial charge < -0.3 is 10.1 Å². The van der Waals surface area contributed by atoms with Crippen molar-refractivity contribution in [2.75, 3.05) is 13.7 Å². The molecule has 0 saturated heterocycles. The van der Waals surface area contributed by atoms with E-state index < -0.39 is 0 Å². The Labute approximate surface area is 112 Å². The van der Waals surface area contributed by atoms with E-state index in [9.17, 15) is 0 Å². The van der Waals surface area contributed by atoms with Crippen LogP contribution in [0.4, 0.5) is 0 Å². The maximum Gasteiger partial charge on any atom is 0.122 e. The lowest BCUT2D eigenvalue weighted by Crippen LogP contribution is -2.29. The van der Waals surface area contributed by atoms with Crippen LogP contribution in [-0.4, -0.2) is 19.7 Å². The molecule has 0 amide bonds. The lowest BCUT2D eigenvalue weighted by atomic mass is 9.80. The molecule has 1 rings (SSSR count). The van der Waals surface area contributed by atoms with E-state index in [1.54, 1.807) is 7.11 Å². The molecule has 0 spiro atoms. The maximum atomic E-state index is 5.49. The van der Waals surface area contributed by atoms with Crippen molar-refractivity contribution in [3.63, 3.8) is 0 Å². The Morgan fingerprint density at radius 2 is 1.94 bits per heavy atom. The standard InChI is InChI=1S/C16H27NO/c1-12(2)17-10-9-16(4,5)14-11-13(3)7-8-15(14)18-6/h7-8,11-12,17H,9-10H2,1-6H3. The summed E-state index contributed by atoms with van der Waals surface area (Å²) >= 11 is 0. The number of hydrogen-bond donors (Lipinski definition) is 1. The Balaban J connectivity index is 2.85. The maximum absolute atomic E-state index is 5.49. The Hall–Kier alpha value is -1.02. The van der Waals surface area contributed by atoms with Gasteiger partial charge in [0.15, 0.2) is 0 Å². The molecule has 0 unspecified atom stereocenters. The molecule has 1 aromatic carbocycles. The van der Waals surface area contributed by atoms with Crippen LogP contribution >= 0.6 is 0 Å². The van der Waals surface area contributed by atoms with Crippen LogP contribution in [0.5, 0.6) is 5.75 Å². The minimum absolute atomic E-state index is 0.124. The Morgan fingerprint density at radius 1 is 1.28 bits per heavy atom. The van der Waals surface area contributed by atoms with Crippen LogP contribution in [0.3, 0.4) is 0 Å². The van der Waals surface area contributed by atoms with Gasteiger partial charge in [0.25, 0.3) is 0 Å². The molecule has 0 heterocycles. The molecule has 0 aliphatic heterocycles. The van der Waals surface area contributed by atoms with Crippen LogP contribution in [0.15, 0.2) is 18.2 Å². The average Bonchev–Trinajstić information content (AvgIpc) is 2.28. The van der Waals surface area contributed by atoms with Crippen LogP contribution < -0.4 is 10.1 Å². The van der Waals surface area contributed by atoms with Crippen molar-refractivity contribution < 1.29 is 4.74 Å². The molecule has 0 saturated carbocycles. The van der Waals surface area contributed by atoms with Crippen LogP contribution in [0.25, 0.3) is 0 Å². The fourth-order valence-corrected chi connectivity index (χ4v) is 2.16. The van der Waals surface area contributed by atoms with E-state index in [4.69, 9.17) is 4.74 Å². The van der Waals surface area contributed by atoms with Crippen molar-refractivity contribution in [1.29, 1.82) is 0 Å². The number of rotatable bonds is 6. The van der Waals surface area contributed by atoms with Gasteiger partial charge in [-0.2, -0.15) is 0 Å². The first kappa shape index (κ1) is 15.0. The average molecular weight is 249 g/mol. The highest BCUT2D eigenvalue weighted by molar-refractivity contribution is 5.41. The summed E-state index contributed by atoms with van der Waals surface area (Å²) in [5.74, 6) is 0.996. The zero-order valence-electron chi connectivity index (χ0n) is 12.6. The zero-order valence-corrected chi connectivity index (χ0v) is 12.6. The molecule has 0 aliphatic rings. The molecule has 0 bridgehead atoms. The van der Waals surface area contributed by atoms with Gasteiger partial charge in [-0.15, -0.1) is 0 Å². The lowest BCUT2D eigenvalue weighted by molar-refractivity contribution is 0.379. The fraction of sp³-hybridized carbons (Fsp3) is 0.625. The van der Waals surface area contributed by atoms with E-state index in [0.29, 0.717) is 6.04 Å². The number of benzene rings is 1. The van der Waals surface area contributed by atoms with E-state index in [-0.39, 0.29) is 5.41 Å². The van der Waals surface area contributed by atoms with E-state index in [0.717, 1.165) is 18.7 Å². The molecule has 0 radical (unpaired) electrons. The molecule has 0 aliphatic carbocycles. The molecule has 1 N–H and O–H groups in total. The summed E-state index contributed by atoms with van der Waals surface area (Å²) < 4.78 is 5.49. The van der Waals surface area contributed by atoms with Crippen molar-refractivity contribution in [3.8, 4) is 5.75 Å². The summed E-state index contributed by atoms with van der Waals surface area (Å²) in [6, 6.07) is 6.96. The van der Waals surface area contributed by atoms with Crippen LogP contribution in [0, 0.1) is 6.92 Å². The van der Waals surface area contributed by atoms with E-state index >= 15 is 0 Å². The lowest BCUT2D eigenvalue weighted by Gasteiger charge is -2.28. The summed E-state index contributed by atoms with van der Waals surface area (Å²) in [6.45, 7) is 12.1. The number of nitrogens with one attached hydrogen (secondary N) is 1. The highest BCUT2D eigenvalue weighted by Gasteiger charge is 2.24. The summed E-state index contributed by atoms with van der Waals surface area (Å²) in [6.07, 6.45) is 1.10. The second-order valence-electron chi connectivity index (χ2n) is 5.95. The molecule has 2 nitrogen and oxygen atoms in total. The van der Waals surface area contributed by atoms with Gasteiger partial charge in [0.1, 0.15) is 5.75 Å². The fourth-order valence-electron chi connectivity index (χ4n) is 2.16.